The van der Waals surface area contributed by atoms with E-state index in [9.17, 15) is 0 Å². The molecule has 0 bridgehead atoms. The number of thiazole rings is 1. The molecule has 1 aromatic carbocycles. The number of methoxy groups -OCH3 is 1. The van der Waals surface area contributed by atoms with Gasteiger partial charge in [0.15, 0.2) is 0 Å². The van der Waals surface area contributed by atoms with E-state index in [0.717, 1.165) is 22.0 Å². The Morgan fingerprint density at radius 1 is 1.25 bits per heavy atom. The number of aryl methyl sites for hydroxylation is 2. The molecule has 20 heavy (non-hydrogen) atoms. The lowest BCUT2D eigenvalue weighted by molar-refractivity contribution is 0.411. The number of benzene rings is 1. The summed E-state index contributed by atoms with van der Waals surface area (Å²) < 4.78 is 5.34. The van der Waals surface area contributed by atoms with Crippen LogP contribution in [-0.2, 0) is 0 Å². The van der Waals surface area contributed by atoms with Gasteiger partial charge in [-0.2, -0.15) is 0 Å². The molecule has 2 rings (SSSR count). The van der Waals surface area contributed by atoms with Gasteiger partial charge in [-0.3, -0.25) is 0 Å². The minimum absolute atomic E-state index is 0.137. The third-order valence-electron chi connectivity index (χ3n) is 3.14. The maximum atomic E-state index is 5.34. The molecule has 0 aliphatic heterocycles. The van der Waals surface area contributed by atoms with Crippen LogP contribution in [0, 0.1) is 13.8 Å². The Morgan fingerprint density at radius 2 is 2.00 bits per heavy atom. The second-order valence-corrected chi connectivity index (χ2v) is 6.20. The quantitative estimate of drug-likeness (QED) is 0.908. The Kier molecular flexibility index (Phi) is 4.78. The van der Waals surface area contributed by atoms with Crippen LogP contribution in [0.25, 0.3) is 0 Å². The zero-order valence-corrected chi connectivity index (χ0v) is 13.5. The highest BCUT2D eigenvalue weighted by molar-refractivity contribution is 7.09. The highest BCUT2D eigenvalue weighted by atomic mass is 32.1. The number of ether oxygens (including phenoxy) is 1. The zero-order valence-electron chi connectivity index (χ0n) is 12.7. The molecule has 4 heteroatoms. The SMILES string of the molecule is COc1ccc(C(NC(C)C)c2nc(C)cs2)cc1C. The van der Waals surface area contributed by atoms with Crippen molar-refractivity contribution in [3.8, 4) is 5.75 Å². The molecule has 1 atom stereocenters. The van der Waals surface area contributed by atoms with E-state index < -0.39 is 0 Å². The van der Waals surface area contributed by atoms with E-state index in [4.69, 9.17) is 4.74 Å². The van der Waals surface area contributed by atoms with E-state index in [1.807, 2.05) is 13.0 Å². The average Bonchev–Trinajstić information content (AvgIpc) is 2.82. The summed E-state index contributed by atoms with van der Waals surface area (Å²) in [7, 11) is 1.70. The van der Waals surface area contributed by atoms with Gasteiger partial charge in [0.1, 0.15) is 10.8 Å². The Morgan fingerprint density at radius 3 is 2.50 bits per heavy atom. The van der Waals surface area contributed by atoms with Crippen LogP contribution in [0.5, 0.6) is 5.75 Å². The van der Waals surface area contributed by atoms with Crippen LogP contribution in [-0.4, -0.2) is 18.1 Å². The molecule has 0 saturated heterocycles. The van der Waals surface area contributed by atoms with E-state index in [2.05, 4.69) is 48.6 Å². The molecule has 1 heterocycles. The standard InChI is InChI=1S/C16H22N2OS/c1-10(2)17-15(16-18-12(4)9-20-16)13-6-7-14(19-5)11(3)8-13/h6-10,15,17H,1-5H3. The fraction of sp³-hybridized carbons (Fsp3) is 0.438. The van der Waals surface area contributed by atoms with Crippen LogP contribution in [0.4, 0.5) is 0 Å². The van der Waals surface area contributed by atoms with E-state index >= 15 is 0 Å². The van der Waals surface area contributed by atoms with Gasteiger partial charge in [-0.25, -0.2) is 4.98 Å². The summed E-state index contributed by atoms with van der Waals surface area (Å²) in [5.74, 6) is 0.923. The van der Waals surface area contributed by atoms with Crippen molar-refractivity contribution in [3.05, 3.63) is 45.4 Å². The van der Waals surface area contributed by atoms with Gasteiger partial charge in [0, 0.05) is 17.1 Å². The van der Waals surface area contributed by atoms with Crippen molar-refractivity contribution in [2.45, 2.75) is 39.8 Å². The van der Waals surface area contributed by atoms with Gasteiger partial charge in [0.2, 0.25) is 0 Å². The van der Waals surface area contributed by atoms with Gasteiger partial charge >= 0.3 is 0 Å². The summed E-state index contributed by atoms with van der Waals surface area (Å²) in [5.41, 5.74) is 3.45. The third kappa shape index (κ3) is 3.38. The summed E-state index contributed by atoms with van der Waals surface area (Å²) in [4.78, 5) is 4.64. The summed E-state index contributed by atoms with van der Waals surface area (Å²) in [6, 6.07) is 6.85. The number of nitrogens with one attached hydrogen (secondary N) is 1. The second kappa shape index (κ2) is 6.37. The van der Waals surface area contributed by atoms with Crippen LogP contribution < -0.4 is 10.1 Å². The first-order valence-electron chi connectivity index (χ1n) is 6.84. The molecule has 0 aliphatic rings. The topological polar surface area (TPSA) is 34.1 Å². The smallest absolute Gasteiger partial charge is 0.121 e. The highest BCUT2D eigenvalue weighted by Gasteiger charge is 2.19. The fourth-order valence-corrected chi connectivity index (χ4v) is 3.11. The number of rotatable bonds is 5. The van der Waals surface area contributed by atoms with Gasteiger partial charge in [0.05, 0.1) is 13.2 Å². The number of hydrogen-bond donors (Lipinski definition) is 1. The van der Waals surface area contributed by atoms with Gasteiger partial charge in [-0.1, -0.05) is 12.1 Å². The van der Waals surface area contributed by atoms with Gasteiger partial charge in [0.25, 0.3) is 0 Å². The molecule has 0 fully saturated rings. The average molecular weight is 290 g/mol. The minimum Gasteiger partial charge on any atom is -0.496 e. The monoisotopic (exact) mass is 290 g/mol. The minimum atomic E-state index is 0.137. The van der Waals surface area contributed by atoms with Crippen molar-refractivity contribution >= 4 is 11.3 Å². The lowest BCUT2D eigenvalue weighted by Gasteiger charge is -2.20. The summed E-state index contributed by atoms with van der Waals surface area (Å²) >= 11 is 1.71. The van der Waals surface area contributed by atoms with Gasteiger partial charge in [-0.05, 0) is 44.9 Å². The zero-order chi connectivity index (χ0) is 14.7. The first-order valence-corrected chi connectivity index (χ1v) is 7.72. The molecule has 1 N–H and O–H groups in total. The Balaban J connectivity index is 2.38. The van der Waals surface area contributed by atoms with E-state index in [1.165, 1.54) is 5.56 Å². The maximum absolute atomic E-state index is 5.34. The Bertz CT molecular complexity index is 578. The van der Waals surface area contributed by atoms with Crippen molar-refractivity contribution in [2.75, 3.05) is 7.11 Å². The molecule has 108 valence electrons. The predicted octanol–water partition coefficient (Wildman–Crippen LogP) is 3.86. The fourth-order valence-electron chi connectivity index (χ4n) is 2.23. The van der Waals surface area contributed by atoms with Crippen molar-refractivity contribution < 1.29 is 4.74 Å². The van der Waals surface area contributed by atoms with Crippen molar-refractivity contribution in [1.82, 2.24) is 10.3 Å². The van der Waals surface area contributed by atoms with Crippen LogP contribution in [0.1, 0.15) is 41.7 Å². The summed E-state index contributed by atoms with van der Waals surface area (Å²) in [5, 5.41) is 6.81. The molecule has 3 nitrogen and oxygen atoms in total. The predicted molar refractivity (Wildman–Crippen MR) is 84.7 cm³/mol. The molecule has 0 amide bonds. The maximum Gasteiger partial charge on any atom is 0.121 e. The van der Waals surface area contributed by atoms with Crippen molar-refractivity contribution in [2.24, 2.45) is 0 Å². The normalized spacial score (nSPS) is 12.7. The third-order valence-corrected chi connectivity index (χ3v) is 4.16. The molecule has 2 aromatic rings. The number of aromatic nitrogens is 1. The van der Waals surface area contributed by atoms with Crippen molar-refractivity contribution in [1.29, 1.82) is 0 Å². The van der Waals surface area contributed by atoms with Crippen LogP contribution in [0.3, 0.4) is 0 Å². The molecular formula is C16H22N2OS. The molecule has 0 radical (unpaired) electrons. The molecule has 1 aromatic heterocycles. The molecule has 0 spiro atoms. The number of hydrogen-bond acceptors (Lipinski definition) is 4. The molecule has 0 saturated carbocycles. The molecular weight excluding hydrogens is 268 g/mol. The largest absolute Gasteiger partial charge is 0.496 e. The van der Waals surface area contributed by atoms with Crippen LogP contribution >= 0.6 is 11.3 Å². The Labute approximate surface area is 125 Å². The van der Waals surface area contributed by atoms with E-state index in [-0.39, 0.29) is 6.04 Å². The van der Waals surface area contributed by atoms with Crippen LogP contribution in [0.2, 0.25) is 0 Å². The number of nitrogens with zero attached hydrogens (tertiary/aromatic N) is 1. The summed E-state index contributed by atoms with van der Waals surface area (Å²) in [6.07, 6.45) is 0. The Hall–Kier alpha value is -1.39. The lowest BCUT2D eigenvalue weighted by Crippen LogP contribution is -2.29. The van der Waals surface area contributed by atoms with Gasteiger partial charge in [-0.15, -0.1) is 11.3 Å². The van der Waals surface area contributed by atoms with Gasteiger partial charge < -0.3 is 10.1 Å². The molecule has 1 unspecified atom stereocenters. The summed E-state index contributed by atoms with van der Waals surface area (Å²) in [6.45, 7) is 8.42. The van der Waals surface area contributed by atoms with Crippen molar-refractivity contribution in [3.63, 3.8) is 0 Å². The van der Waals surface area contributed by atoms with E-state index in [1.54, 1.807) is 18.4 Å². The second-order valence-electron chi connectivity index (χ2n) is 5.31. The van der Waals surface area contributed by atoms with E-state index in [0.29, 0.717) is 6.04 Å². The first kappa shape index (κ1) is 15.0. The lowest BCUT2D eigenvalue weighted by atomic mass is 10.0. The highest BCUT2D eigenvalue weighted by Crippen LogP contribution is 2.29. The first-order chi connectivity index (χ1) is 9.51. The van der Waals surface area contributed by atoms with Crippen LogP contribution in [0.15, 0.2) is 23.6 Å². The molecule has 0 aliphatic carbocycles.